The largest absolute Gasteiger partial charge is 0.417 e. The minimum Gasteiger partial charge on any atom is -0.322 e. The molecule has 29 heavy (non-hydrogen) atoms. The van der Waals surface area contributed by atoms with Crippen LogP contribution in [-0.4, -0.2) is 26.9 Å². The molecule has 1 N–H and O–H groups in total. The van der Waals surface area contributed by atoms with Gasteiger partial charge in [-0.25, -0.2) is 9.67 Å². The highest BCUT2D eigenvalue weighted by Crippen LogP contribution is 2.29. The van der Waals surface area contributed by atoms with E-state index in [9.17, 15) is 18.0 Å². The van der Waals surface area contributed by atoms with Crippen molar-refractivity contribution >= 4 is 23.4 Å². The van der Waals surface area contributed by atoms with Gasteiger partial charge in [0.2, 0.25) is 0 Å². The summed E-state index contributed by atoms with van der Waals surface area (Å²) in [6, 6.07) is 9.60. The number of rotatable bonds is 5. The quantitative estimate of drug-likeness (QED) is 0.563. The molecule has 5 nitrogen and oxygen atoms in total. The maximum Gasteiger partial charge on any atom is 0.417 e. The van der Waals surface area contributed by atoms with Crippen molar-refractivity contribution in [2.24, 2.45) is 0 Å². The van der Waals surface area contributed by atoms with E-state index in [2.05, 4.69) is 15.4 Å². The van der Waals surface area contributed by atoms with E-state index in [-0.39, 0.29) is 17.6 Å². The van der Waals surface area contributed by atoms with Crippen LogP contribution in [0.5, 0.6) is 0 Å². The Balaban J connectivity index is 1.91. The number of nitrogens with zero attached hydrogens (tertiary/aromatic N) is 3. The van der Waals surface area contributed by atoms with Crippen LogP contribution in [0.2, 0.25) is 0 Å². The molecular weight excluding hydrogens is 401 g/mol. The standard InChI is InChI=1S/C20H19F3N4OS/c1-12(2)18-16(19(28)26-14-5-7-15(29-3)8-6-14)11-25-27(18)17-9-4-13(10-24-17)20(21,22)23/h4-12H,1-3H3,(H,26,28). The van der Waals surface area contributed by atoms with E-state index in [0.717, 1.165) is 17.2 Å². The van der Waals surface area contributed by atoms with Gasteiger partial charge in [0, 0.05) is 16.8 Å². The molecule has 3 aromatic rings. The van der Waals surface area contributed by atoms with E-state index < -0.39 is 11.7 Å². The number of anilines is 1. The second kappa shape index (κ2) is 8.28. The summed E-state index contributed by atoms with van der Waals surface area (Å²) in [5, 5.41) is 7.03. The molecule has 0 unspecified atom stereocenters. The number of hydrogen-bond acceptors (Lipinski definition) is 4. The number of hydrogen-bond donors (Lipinski definition) is 1. The summed E-state index contributed by atoms with van der Waals surface area (Å²) in [6.45, 7) is 3.75. The van der Waals surface area contributed by atoms with E-state index in [1.165, 1.54) is 16.9 Å². The Hall–Kier alpha value is -2.81. The lowest BCUT2D eigenvalue weighted by Crippen LogP contribution is -2.16. The van der Waals surface area contributed by atoms with Crippen molar-refractivity contribution in [3.05, 3.63) is 65.6 Å². The molecule has 0 aliphatic heterocycles. The first-order valence-corrected chi connectivity index (χ1v) is 10.00. The summed E-state index contributed by atoms with van der Waals surface area (Å²) in [5.41, 5.74) is 0.709. The summed E-state index contributed by atoms with van der Waals surface area (Å²) in [6.07, 6.45) is -0.339. The molecule has 2 heterocycles. The van der Waals surface area contributed by atoms with E-state index >= 15 is 0 Å². The Morgan fingerprint density at radius 2 is 1.79 bits per heavy atom. The number of carbonyl (C=O) groups is 1. The van der Waals surface area contributed by atoms with Gasteiger partial charge in [-0.2, -0.15) is 18.3 Å². The summed E-state index contributed by atoms with van der Waals surface area (Å²) >= 11 is 1.60. The van der Waals surface area contributed by atoms with Gasteiger partial charge in [0.05, 0.1) is 23.0 Å². The Labute approximate surface area is 170 Å². The van der Waals surface area contributed by atoms with Gasteiger partial charge in [0.25, 0.3) is 5.91 Å². The molecule has 0 bridgehead atoms. The molecule has 0 aliphatic rings. The fourth-order valence-electron chi connectivity index (χ4n) is 2.82. The second-order valence-electron chi connectivity index (χ2n) is 6.60. The summed E-state index contributed by atoms with van der Waals surface area (Å²) in [5.74, 6) is -0.241. The third-order valence-electron chi connectivity index (χ3n) is 4.24. The molecule has 152 valence electrons. The zero-order chi connectivity index (χ0) is 21.2. The van der Waals surface area contributed by atoms with Crippen LogP contribution in [0.4, 0.5) is 18.9 Å². The third kappa shape index (κ3) is 4.61. The summed E-state index contributed by atoms with van der Waals surface area (Å²) in [4.78, 5) is 17.7. The van der Waals surface area contributed by atoms with E-state index in [0.29, 0.717) is 16.9 Å². The first kappa shape index (κ1) is 20.9. The molecule has 1 amide bonds. The van der Waals surface area contributed by atoms with Crippen LogP contribution >= 0.6 is 11.8 Å². The Bertz CT molecular complexity index is 996. The molecule has 0 saturated heterocycles. The lowest BCUT2D eigenvalue weighted by atomic mass is 10.1. The van der Waals surface area contributed by atoms with Crippen LogP contribution in [0, 0.1) is 0 Å². The molecule has 0 aliphatic carbocycles. The van der Waals surface area contributed by atoms with Crippen molar-refractivity contribution in [3.8, 4) is 5.82 Å². The molecule has 3 rings (SSSR count). The van der Waals surface area contributed by atoms with Crippen LogP contribution in [0.25, 0.3) is 5.82 Å². The van der Waals surface area contributed by atoms with Crippen molar-refractivity contribution in [2.75, 3.05) is 11.6 Å². The number of alkyl halides is 3. The fourth-order valence-corrected chi connectivity index (χ4v) is 3.23. The summed E-state index contributed by atoms with van der Waals surface area (Å²) in [7, 11) is 0. The first-order valence-electron chi connectivity index (χ1n) is 8.77. The normalized spacial score (nSPS) is 11.7. The Kier molecular flexibility index (Phi) is 5.97. The Morgan fingerprint density at radius 1 is 1.10 bits per heavy atom. The van der Waals surface area contributed by atoms with Gasteiger partial charge in [0.15, 0.2) is 5.82 Å². The smallest absolute Gasteiger partial charge is 0.322 e. The van der Waals surface area contributed by atoms with Crippen molar-refractivity contribution < 1.29 is 18.0 Å². The van der Waals surface area contributed by atoms with E-state index in [1.54, 1.807) is 23.9 Å². The van der Waals surface area contributed by atoms with Gasteiger partial charge in [-0.15, -0.1) is 11.8 Å². The third-order valence-corrected chi connectivity index (χ3v) is 4.98. The molecule has 2 aromatic heterocycles. The van der Waals surface area contributed by atoms with Crippen molar-refractivity contribution in [1.29, 1.82) is 0 Å². The highest BCUT2D eigenvalue weighted by molar-refractivity contribution is 7.98. The van der Waals surface area contributed by atoms with Crippen LogP contribution in [-0.2, 0) is 6.18 Å². The number of nitrogens with one attached hydrogen (secondary N) is 1. The lowest BCUT2D eigenvalue weighted by molar-refractivity contribution is -0.137. The fraction of sp³-hybridized carbons (Fsp3) is 0.250. The number of halogens is 3. The van der Waals surface area contributed by atoms with Crippen LogP contribution in [0.15, 0.2) is 53.7 Å². The van der Waals surface area contributed by atoms with Gasteiger partial charge in [-0.3, -0.25) is 4.79 Å². The number of pyridine rings is 1. The zero-order valence-corrected chi connectivity index (χ0v) is 16.8. The number of carbonyl (C=O) groups excluding carboxylic acids is 1. The highest BCUT2D eigenvalue weighted by Gasteiger charge is 2.31. The van der Waals surface area contributed by atoms with Gasteiger partial charge in [-0.05, 0) is 48.6 Å². The van der Waals surface area contributed by atoms with E-state index in [1.807, 2.05) is 32.2 Å². The number of amides is 1. The maximum atomic E-state index is 12.8. The zero-order valence-electron chi connectivity index (χ0n) is 16.0. The maximum absolute atomic E-state index is 12.8. The monoisotopic (exact) mass is 420 g/mol. The molecular formula is C20H19F3N4OS. The minimum atomic E-state index is -4.46. The average Bonchev–Trinajstić information content (AvgIpc) is 3.13. The number of thioether (sulfide) groups is 1. The van der Waals surface area contributed by atoms with Gasteiger partial charge < -0.3 is 5.32 Å². The molecule has 0 atom stereocenters. The van der Waals surface area contributed by atoms with Crippen LogP contribution in [0.1, 0.15) is 41.4 Å². The predicted octanol–water partition coefficient (Wildman–Crippen LogP) is 5.38. The summed E-state index contributed by atoms with van der Waals surface area (Å²) < 4.78 is 39.7. The van der Waals surface area contributed by atoms with Crippen LogP contribution < -0.4 is 5.32 Å². The van der Waals surface area contributed by atoms with Crippen molar-refractivity contribution in [2.45, 2.75) is 30.8 Å². The molecule has 9 heteroatoms. The number of benzene rings is 1. The second-order valence-corrected chi connectivity index (χ2v) is 7.48. The molecule has 1 aromatic carbocycles. The van der Waals surface area contributed by atoms with Gasteiger partial charge in [-0.1, -0.05) is 13.8 Å². The highest BCUT2D eigenvalue weighted by atomic mass is 32.2. The first-order chi connectivity index (χ1) is 13.7. The van der Waals surface area contributed by atoms with Crippen molar-refractivity contribution in [1.82, 2.24) is 14.8 Å². The average molecular weight is 420 g/mol. The number of aromatic nitrogens is 3. The Morgan fingerprint density at radius 3 is 2.31 bits per heavy atom. The SMILES string of the molecule is CSc1ccc(NC(=O)c2cnn(-c3ccc(C(F)(F)F)cn3)c2C(C)C)cc1. The van der Waals surface area contributed by atoms with E-state index in [4.69, 9.17) is 0 Å². The topological polar surface area (TPSA) is 59.8 Å². The van der Waals surface area contributed by atoms with Gasteiger partial charge >= 0.3 is 6.18 Å². The predicted molar refractivity (Wildman–Crippen MR) is 107 cm³/mol. The molecule has 0 saturated carbocycles. The van der Waals surface area contributed by atoms with Crippen molar-refractivity contribution in [3.63, 3.8) is 0 Å². The molecule has 0 fully saturated rings. The lowest BCUT2D eigenvalue weighted by Gasteiger charge is -2.13. The minimum absolute atomic E-state index is 0.110. The molecule has 0 spiro atoms. The van der Waals surface area contributed by atoms with Gasteiger partial charge in [0.1, 0.15) is 0 Å². The van der Waals surface area contributed by atoms with Crippen LogP contribution in [0.3, 0.4) is 0 Å². The molecule has 0 radical (unpaired) electrons.